The van der Waals surface area contributed by atoms with Crippen LogP contribution in [0.2, 0.25) is 5.15 Å². The number of halogens is 1. The van der Waals surface area contributed by atoms with Crippen LogP contribution in [0.1, 0.15) is 42.9 Å². The van der Waals surface area contributed by atoms with Crippen molar-refractivity contribution < 1.29 is 31.7 Å². The van der Waals surface area contributed by atoms with E-state index in [4.69, 9.17) is 25.3 Å². The molecule has 1 fully saturated rings. The summed E-state index contributed by atoms with van der Waals surface area (Å²) in [6.07, 6.45) is 0.121. The number of pyridine rings is 1. The Labute approximate surface area is 214 Å². The Morgan fingerprint density at radius 1 is 1.19 bits per heavy atom. The minimum absolute atomic E-state index is 0.0635. The summed E-state index contributed by atoms with van der Waals surface area (Å²) in [6, 6.07) is 4.71. The summed E-state index contributed by atoms with van der Waals surface area (Å²) in [7, 11) is -2.24. The topological polar surface area (TPSA) is 150 Å². The molecule has 0 aliphatic carbocycles. The first-order chi connectivity index (χ1) is 16.7. The molecule has 14 heteroatoms. The second kappa shape index (κ2) is 11.0. The average molecular weight is 542 g/mol. The van der Waals surface area contributed by atoms with Crippen LogP contribution in [0.5, 0.6) is 0 Å². The van der Waals surface area contributed by atoms with Crippen LogP contribution in [0.3, 0.4) is 0 Å². The van der Waals surface area contributed by atoms with Crippen molar-refractivity contribution in [2.45, 2.75) is 38.6 Å². The lowest BCUT2D eigenvalue weighted by molar-refractivity contribution is -0.100. The minimum atomic E-state index is -3.73. The van der Waals surface area contributed by atoms with Crippen LogP contribution >= 0.6 is 11.6 Å². The Balaban J connectivity index is 1.93. The molecule has 1 aliphatic rings. The molecular weight excluding hydrogens is 514 g/mol. The third-order valence-electron chi connectivity index (χ3n) is 4.86. The second-order valence-electron chi connectivity index (χ2n) is 9.10. The highest BCUT2D eigenvalue weighted by atomic mass is 35.5. The summed E-state index contributed by atoms with van der Waals surface area (Å²) in [5.41, 5.74) is 0.680. The van der Waals surface area contributed by atoms with E-state index in [2.05, 4.69) is 20.3 Å². The fourth-order valence-corrected chi connectivity index (χ4v) is 3.99. The Hall–Kier alpha value is -2.87. The molecule has 0 spiro atoms. The molecule has 3 heterocycles. The number of hydrogen-bond donors (Lipinski definition) is 1. The Morgan fingerprint density at radius 3 is 2.56 bits per heavy atom. The smallest absolute Gasteiger partial charge is 0.410 e. The number of carbonyl (C=O) groups excluding carboxylic acids is 2. The van der Waals surface area contributed by atoms with E-state index in [-0.39, 0.29) is 30.5 Å². The molecule has 0 bridgehead atoms. The molecule has 2 amide bonds. The monoisotopic (exact) mass is 541 g/mol. The van der Waals surface area contributed by atoms with Gasteiger partial charge in [-0.1, -0.05) is 11.6 Å². The number of hydrogen-bond acceptors (Lipinski definition) is 10. The lowest BCUT2D eigenvalue weighted by Crippen LogP contribution is -2.50. The zero-order chi connectivity index (χ0) is 26.7. The van der Waals surface area contributed by atoms with Gasteiger partial charge >= 0.3 is 6.09 Å². The van der Waals surface area contributed by atoms with Gasteiger partial charge in [-0.05, 0) is 44.5 Å². The number of morpholine rings is 1. The predicted molar refractivity (Wildman–Crippen MR) is 130 cm³/mol. The molecule has 2 atom stereocenters. The SMILES string of the molecule is CNC(=O)c1cc(-c2cc(C3CN(C(=O)OC(C)(C)C)CC(COS(C)(=O)=O)O3)cc(Cl)n2)ncn1. The molecule has 3 rings (SSSR count). The molecule has 36 heavy (non-hydrogen) atoms. The van der Waals surface area contributed by atoms with E-state index >= 15 is 0 Å². The number of nitrogens with zero attached hydrogens (tertiary/aromatic N) is 4. The standard InChI is InChI=1S/C22H28ClN5O7S/c1-22(2,3)35-21(30)28-9-14(11-33-36(5,31)32)34-18(10-28)13-6-16(27-19(23)7-13)15-8-17(20(29)24-4)26-12-25-15/h6-8,12,14,18H,9-11H2,1-5H3,(H,24,29). The summed E-state index contributed by atoms with van der Waals surface area (Å²) in [5.74, 6) is -0.391. The zero-order valence-electron chi connectivity index (χ0n) is 20.5. The van der Waals surface area contributed by atoms with Crippen molar-refractivity contribution in [1.29, 1.82) is 0 Å². The maximum atomic E-state index is 12.8. The zero-order valence-corrected chi connectivity index (χ0v) is 22.1. The number of aromatic nitrogens is 3. The lowest BCUT2D eigenvalue weighted by Gasteiger charge is -2.38. The quantitative estimate of drug-likeness (QED) is 0.425. The van der Waals surface area contributed by atoms with Crippen molar-refractivity contribution in [2.75, 3.05) is 33.0 Å². The number of carbonyl (C=O) groups is 2. The minimum Gasteiger partial charge on any atom is -0.444 e. The lowest BCUT2D eigenvalue weighted by atomic mass is 10.1. The fraction of sp³-hybridized carbons (Fsp3) is 0.500. The van der Waals surface area contributed by atoms with Crippen LogP contribution in [0.15, 0.2) is 24.5 Å². The molecule has 1 N–H and O–H groups in total. The number of nitrogens with one attached hydrogen (secondary N) is 1. The predicted octanol–water partition coefficient (Wildman–Crippen LogP) is 2.20. The molecule has 0 aromatic carbocycles. The Morgan fingerprint density at radius 2 is 1.92 bits per heavy atom. The largest absolute Gasteiger partial charge is 0.444 e. The Kier molecular flexibility index (Phi) is 8.49. The molecule has 1 aliphatic heterocycles. The van der Waals surface area contributed by atoms with Gasteiger partial charge in [-0.15, -0.1) is 0 Å². The molecule has 12 nitrogen and oxygen atoms in total. The Bertz CT molecular complexity index is 1240. The first-order valence-corrected chi connectivity index (χ1v) is 13.1. The summed E-state index contributed by atoms with van der Waals surface area (Å²) in [6.45, 7) is 5.12. The first-order valence-electron chi connectivity index (χ1n) is 10.9. The van der Waals surface area contributed by atoms with E-state index < -0.39 is 39.9 Å². The van der Waals surface area contributed by atoms with Crippen LogP contribution in [-0.2, 0) is 23.8 Å². The molecular formula is C22H28ClN5O7S. The van der Waals surface area contributed by atoms with Gasteiger partial charge in [0.15, 0.2) is 0 Å². The molecule has 2 unspecified atom stereocenters. The van der Waals surface area contributed by atoms with Crippen LogP contribution in [0.4, 0.5) is 4.79 Å². The van der Waals surface area contributed by atoms with Crippen LogP contribution in [0, 0.1) is 0 Å². The van der Waals surface area contributed by atoms with E-state index in [0.717, 1.165) is 6.26 Å². The molecule has 2 aromatic rings. The van der Waals surface area contributed by atoms with Crippen LogP contribution in [-0.4, -0.2) is 85.0 Å². The van der Waals surface area contributed by atoms with Gasteiger partial charge in [0.05, 0.1) is 37.3 Å². The molecule has 1 saturated heterocycles. The maximum absolute atomic E-state index is 12.8. The van der Waals surface area contributed by atoms with Gasteiger partial charge < -0.3 is 19.7 Å². The summed E-state index contributed by atoms with van der Waals surface area (Å²) >= 11 is 6.29. The van der Waals surface area contributed by atoms with Gasteiger partial charge in [-0.2, -0.15) is 8.42 Å². The van der Waals surface area contributed by atoms with Crippen molar-refractivity contribution in [1.82, 2.24) is 25.2 Å². The van der Waals surface area contributed by atoms with Crippen molar-refractivity contribution in [3.05, 3.63) is 40.9 Å². The highest BCUT2D eigenvalue weighted by molar-refractivity contribution is 7.85. The van der Waals surface area contributed by atoms with E-state index in [1.807, 2.05) is 0 Å². The average Bonchev–Trinajstić information content (AvgIpc) is 2.80. The summed E-state index contributed by atoms with van der Waals surface area (Å²) in [5, 5.41) is 2.62. The van der Waals surface area contributed by atoms with Gasteiger partial charge in [-0.3, -0.25) is 8.98 Å². The normalized spacial score (nSPS) is 18.6. The van der Waals surface area contributed by atoms with Crippen molar-refractivity contribution >= 4 is 33.7 Å². The van der Waals surface area contributed by atoms with E-state index in [1.165, 1.54) is 24.3 Å². The van der Waals surface area contributed by atoms with E-state index in [9.17, 15) is 18.0 Å². The fourth-order valence-electron chi connectivity index (χ4n) is 3.37. The molecule has 0 radical (unpaired) electrons. The summed E-state index contributed by atoms with van der Waals surface area (Å²) in [4.78, 5) is 38.6. The highest BCUT2D eigenvalue weighted by Gasteiger charge is 2.35. The number of rotatable bonds is 6. The molecule has 2 aromatic heterocycles. The highest BCUT2D eigenvalue weighted by Crippen LogP contribution is 2.30. The molecule has 196 valence electrons. The van der Waals surface area contributed by atoms with Gasteiger partial charge in [0.1, 0.15) is 35.0 Å². The van der Waals surface area contributed by atoms with E-state index in [1.54, 1.807) is 32.9 Å². The van der Waals surface area contributed by atoms with Gasteiger partial charge in [-0.25, -0.2) is 19.7 Å². The van der Waals surface area contributed by atoms with Gasteiger partial charge in [0.25, 0.3) is 16.0 Å². The summed E-state index contributed by atoms with van der Waals surface area (Å²) < 4.78 is 39.5. The molecule has 0 saturated carbocycles. The van der Waals surface area contributed by atoms with Crippen LogP contribution in [0.25, 0.3) is 11.4 Å². The third-order valence-corrected chi connectivity index (χ3v) is 5.62. The number of amides is 2. The third kappa shape index (κ3) is 7.82. The maximum Gasteiger partial charge on any atom is 0.410 e. The van der Waals surface area contributed by atoms with Crippen LogP contribution < -0.4 is 5.32 Å². The van der Waals surface area contributed by atoms with Gasteiger partial charge in [0.2, 0.25) is 0 Å². The van der Waals surface area contributed by atoms with Crippen molar-refractivity contribution in [3.8, 4) is 11.4 Å². The van der Waals surface area contributed by atoms with Crippen molar-refractivity contribution in [3.63, 3.8) is 0 Å². The van der Waals surface area contributed by atoms with Crippen molar-refractivity contribution in [2.24, 2.45) is 0 Å². The second-order valence-corrected chi connectivity index (χ2v) is 11.1. The first kappa shape index (κ1) is 27.7. The number of ether oxygens (including phenoxy) is 2. The van der Waals surface area contributed by atoms with E-state index in [0.29, 0.717) is 17.0 Å². The van der Waals surface area contributed by atoms with Gasteiger partial charge in [0, 0.05) is 7.05 Å².